The van der Waals surface area contributed by atoms with Gasteiger partial charge in [0.2, 0.25) is 0 Å². The Bertz CT molecular complexity index is 438. The van der Waals surface area contributed by atoms with Gasteiger partial charge in [0, 0.05) is 22.1 Å². The molecule has 1 aromatic carbocycles. The van der Waals surface area contributed by atoms with Crippen molar-refractivity contribution in [3.05, 3.63) is 29.3 Å². The van der Waals surface area contributed by atoms with Crippen LogP contribution in [0, 0.1) is 11.3 Å². The monoisotopic (exact) mass is 251 g/mol. The Labute approximate surface area is 105 Å². The second-order valence-corrected chi connectivity index (χ2v) is 5.36. The molecule has 0 aliphatic carbocycles. The van der Waals surface area contributed by atoms with E-state index in [-0.39, 0.29) is 0 Å². The normalized spacial score (nSPS) is 11.8. The van der Waals surface area contributed by atoms with Gasteiger partial charge in [-0.1, -0.05) is 13.3 Å². The highest BCUT2D eigenvalue weighted by Crippen LogP contribution is 2.21. The zero-order valence-electron chi connectivity index (χ0n) is 10.2. The number of methoxy groups -OCH3 is 1. The van der Waals surface area contributed by atoms with E-state index in [2.05, 4.69) is 13.0 Å². The molecule has 0 aliphatic rings. The molecule has 0 spiro atoms. The number of benzene rings is 1. The van der Waals surface area contributed by atoms with Crippen molar-refractivity contribution in [2.75, 3.05) is 12.9 Å². The number of hydrogen-bond acceptors (Lipinski definition) is 3. The summed E-state index contributed by atoms with van der Waals surface area (Å²) in [5.41, 5.74) is 1.43. The van der Waals surface area contributed by atoms with E-state index in [9.17, 15) is 4.21 Å². The van der Waals surface area contributed by atoms with Crippen LogP contribution < -0.4 is 4.74 Å². The minimum atomic E-state index is -0.882. The van der Waals surface area contributed by atoms with Crippen LogP contribution in [0.3, 0.4) is 0 Å². The summed E-state index contributed by atoms with van der Waals surface area (Å²) < 4.78 is 17.0. The van der Waals surface area contributed by atoms with Crippen molar-refractivity contribution in [2.24, 2.45) is 0 Å². The van der Waals surface area contributed by atoms with Crippen LogP contribution in [0.25, 0.3) is 0 Å². The largest absolute Gasteiger partial charge is 0.496 e. The minimum Gasteiger partial charge on any atom is -0.496 e. The fourth-order valence-electron chi connectivity index (χ4n) is 1.51. The highest BCUT2D eigenvalue weighted by molar-refractivity contribution is 7.84. The quantitative estimate of drug-likeness (QED) is 0.781. The molecule has 0 saturated carbocycles. The van der Waals surface area contributed by atoms with Crippen LogP contribution in [0.1, 0.15) is 30.9 Å². The molecule has 0 fully saturated rings. The summed E-state index contributed by atoms with van der Waals surface area (Å²) >= 11 is 0. The van der Waals surface area contributed by atoms with Crippen molar-refractivity contribution in [1.82, 2.24) is 0 Å². The maximum absolute atomic E-state index is 11.8. The molecule has 0 aliphatic heterocycles. The topological polar surface area (TPSA) is 50.1 Å². The van der Waals surface area contributed by atoms with E-state index in [4.69, 9.17) is 10.00 Å². The first kappa shape index (κ1) is 13.7. The summed E-state index contributed by atoms with van der Waals surface area (Å²) in [5, 5.41) is 8.83. The molecule has 0 aromatic heterocycles. The molecule has 0 N–H and O–H groups in total. The van der Waals surface area contributed by atoms with E-state index in [0.717, 1.165) is 18.4 Å². The number of rotatable bonds is 6. The number of hydrogen-bond donors (Lipinski definition) is 0. The van der Waals surface area contributed by atoms with Crippen LogP contribution in [0.5, 0.6) is 5.75 Å². The maximum Gasteiger partial charge on any atom is 0.123 e. The van der Waals surface area contributed by atoms with Gasteiger partial charge in [-0.25, -0.2) is 0 Å². The highest BCUT2D eigenvalue weighted by atomic mass is 32.2. The highest BCUT2D eigenvalue weighted by Gasteiger charge is 2.08. The van der Waals surface area contributed by atoms with Gasteiger partial charge in [0.25, 0.3) is 0 Å². The molecule has 1 atom stereocenters. The minimum absolute atomic E-state index is 0.457. The van der Waals surface area contributed by atoms with Crippen molar-refractivity contribution in [3.8, 4) is 11.8 Å². The molecule has 92 valence electrons. The Morgan fingerprint density at radius 2 is 2.24 bits per heavy atom. The second-order valence-electron chi connectivity index (χ2n) is 3.78. The lowest BCUT2D eigenvalue weighted by atomic mass is 10.1. The zero-order valence-corrected chi connectivity index (χ0v) is 11.0. The lowest BCUT2D eigenvalue weighted by Gasteiger charge is -2.08. The third-order valence-corrected chi connectivity index (χ3v) is 3.83. The van der Waals surface area contributed by atoms with Gasteiger partial charge in [-0.15, -0.1) is 0 Å². The Hall–Kier alpha value is -1.34. The van der Waals surface area contributed by atoms with Crippen molar-refractivity contribution in [2.45, 2.75) is 25.5 Å². The SMILES string of the molecule is CCCCS(=O)Cc1cc(C#N)ccc1OC. The maximum atomic E-state index is 11.8. The first-order chi connectivity index (χ1) is 8.21. The predicted molar refractivity (Wildman–Crippen MR) is 69.3 cm³/mol. The molecule has 0 saturated heterocycles. The average Bonchev–Trinajstić information content (AvgIpc) is 2.36. The van der Waals surface area contributed by atoms with Crippen molar-refractivity contribution < 1.29 is 8.95 Å². The van der Waals surface area contributed by atoms with Crippen molar-refractivity contribution in [3.63, 3.8) is 0 Å². The van der Waals surface area contributed by atoms with Crippen LogP contribution in [0.4, 0.5) is 0 Å². The molecule has 0 bridgehead atoms. The molecular formula is C13H17NO2S. The number of unbranched alkanes of at least 4 members (excludes halogenated alkanes) is 1. The van der Waals surface area contributed by atoms with Gasteiger partial charge in [0.1, 0.15) is 5.75 Å². The summed E-state index contributed by atoms with van der Waals surface area (Å²) in [6.07, 6.45) is 2.01. The Kier molecular flexibility index (Phi) is 5.71. The Balaban J connectivity index is 2.81. The third-order valence-electron chi connectivity index (χ3n) is 2.45. The molecule has 0 heterocycles. The van der Waals surface area contributed by atoms with Crippen molar-refractivity contribution in [1.29, 1.82) is 5.26 Å². The molecular weight excluding hydrogens is 234 g/mol. The van der Waals surface area contributed by atoms with Gasteiger partial charge < -0.3 is 4.74 Å². The summed E-state index contributed by atoms with van der Waals surface area (Å²) in [4.78, 5) is 0. The first-order valence-electron chi connectivity index (χ1n) is 5.63. The van der Waals surface area contributed by atoms with Gasteiger partial charge in [-0.3, -0.25) is 4.21 Å². The standard InChI is InChI=1S/C13H17NO2S/c1-3-4-7-17(15)10-12-8-11(9-14)5-6-13(12)16-2/h5-6,8H,3-4,7,10H2,1-2H3. The third kappa shape index (κ3) is 4.20. The predicted octanol–water partition coefficient (Wildman–Crippen LogP) is 2.62. The summed E-state index contributed by atoms with van der Waals surface area (Å²) in [6, 6.07) is 7.29. The van der Waals surface area contributed by atoms with E-state index < -0.39 is 10.8 Å². The average molecular weight is 251 g/mol. The number of nitriles is 1. The number of ether oxygens (including phenoxy) is 1. The van der Waals surface area contributed by atoms with E-state index >= 15 is 0 Å². The van der Waals surface area contributed by atoms with Crippen LogP contribution in [0.2, 0.25) is 0 Å². The fourth-order valence-corrected chi connectivity index (χ4v) is 2.84. The molecule has 1 aromatic rings. The summed E-state index contributed by atoms with van der Waals surface area (Å²) in [5.74, 6) is 1.86. The molecule has 1 unspecified atom stereocenters. The van der Waals surface area contributed by atoms with E-state index in [1.165, 1.54) is 0 Å². The molecule has 1 rings (SSSR count). The summed E-state index contributed by atoms with van der Waals surface area (Å²) in [7, 11) is 0.701. The van der Waals surface area contributed by atoms with Crippen molar-refractivity contribution >= 4 is 10.8 Å². The van der Waals surface area contributed by atoms with Crippen LogP contribution in [-0.2, 0) is 16.6 Å². The van der Waals surface area contributed by atoms with Crippen LogP contribution in [-0.4, -0.2) is 17.1 Å². The van der Waals surface area contributed by atoms with E-state index in [0.29, 0.717) is 22.8 Å². The van der Waals surface area contributed by atoms with E-state index in [1.54, 1.807) is 25.3 Å². The van der Waals surface area contributed by atoms with Gasteiger partial charge in [-0.05, 0) is 24.6 Å². The lowest BCUT2D eigenvalue weighted by Crippen LogP contribution is -2.03. The number of nitrogens with zero attached hydrogens (tertiary/aromatic N) is 1. The molecule has 17 heavy (non-hydrogen) atoms. The van der Waals surface area contributed by atoms with Crippen LogP contribution in [0.15, 0.2) is 18.2 Å². The fraction of sp³-hybridized carbons (Fsp3) is 0.462. The van der Waals surface area contributed by atoms with Gasteiger partial charge in [-0.2, -0.15) is 5.26 Å². The Morgan fingerprint density at radius 3 is 2.82 bits per heavy atom. The summed E-state index contributed by atoms with van der Waals surface area (Å²) in [6.45, 7) is 2.08. The van der Waals surface area contributed by atoms with E-state index in [1.807, 2.05) is 0 Å². The second kappa shape index (κ2) is 7.08. The molecule has 0 amide bonds. The Morgan fingerprint density at radius 1 is 1.47 bits per heavy atom. The first-order valence-corrected chi connectivity index (χ1v) is 7.12. The molecule has 0 radical (unpaired) electrons. The van der Waals surface area contributed by atoms with Crippen LogP contribution >= 0.6 is 0 Å². The van der Waals surface area contributed by atoms with Gasteiger partial charge >= 0.3 is 0 Å². The van der Waals surface area contributed by atoms with Gasteiger partial charge in [0.05, 0.1) is 24.5 Å². The lowest BCUT2D eigenvalue weighted by molar-refractivity contribution is 0.411. The van der Waals surface area contributed by atoms with Gasteiger partial charge in [0.15, 0.2) is 0 Å². The molecule has 3 nitrogen and oxygen atoms in total. The zero-order chi connectivity index (χ0) is 12.7. The smallest absolute Gasteiger partial charge is 0.123 e. The molecule has 4 heteroatoms.